The molecule has 0 saturated heterocycles. The van der Waals surface area contributed by atoms with Gasteiger partial charge in [-0.1, -0.05) is 53.5 Å². The number of hydrogen-bond acceptors (Lipinski definition) is 5. The zero-order valence-electron chi connectivity index (χ0n) is 18.9. The Morgan fingerprint density at radius 3 is 2.14 bits per heavy atom. The van der Waals surface area contributed by atoms with Crippen molar-refractivity contribution in [1.82, 2.24) is 4.90 Å². The van der Waals surface area contributed by atoms with E-state index < -0.39 is 0 Å². The summed E-state index contributed by atoms with van der Waals surface area (Å²) in [6.07, 6.45) is 0. The van der Waals surface area contributed by atoms with Crippen molar-refractivity contribution in [2.75, 3.05) is 5.75 Å². The molecule has 180 valence electrons. The molecule has 4 nitrogen and oxygen atoms in total. The SMILES string of the molecule is NC1=C(c2ccccc2)c2cc(SCC(=O)c3ccc(Cl)cc3)sc2CN1C(=O)c1ccc(Cl)cc1. The lowest BCUT2D eigenvalue weighted by Gasteiger charge is -2.30. The fraction of sp³-hybridized carbons (Fsp3) is 0.0714. The van der Waals surface area contributed by atoms with E-state index in [4.69, 9.17) is 28.9 Å². The predicted octanol–water partition coefficient (Wildman–Crippen LogP) is 7.36. The molecule has 8 heteroatoms. The van der Waals surface area contributed by atoms with Crippen molar-refractivity contribution >= 4 is 63.6 Å². The number of benzene rings is 3. The number of carbonyl (C=O) groups excluding carboxylic acids is 2. The number of hydrogen-bond donors (Lipinski definition) is 1. The van der Waals surface area contributed by atoms with Gasteiger partial charge in [0.15, 0.2) is 5.78 Å². The van der Waals surface area contributed by atoms with E-state index in [1.54, 1.807) is 64.8 Å². The van der Waals surface area contributed by atoms with Crippen LogP contribution in [0.2, 0.25) is 10.0 Å². The number of ketones is 1. The highest BCUT2D eigenvalue weighted by Gasteiger charge is 2.31. The summed E-state index contributed by atoms with van der Waals surface area (Å²) in [4.78, 5) is 28.7. The van der Waals surface area contributed by atoms with Crippen LogP contribution in [0.4, 0.5) is 0 Å². The topological polar surface area (TPSA) is 63.4 Å². The molecule has 0 aliphatic carbocycles. The van der Waals surface area contributed by atoms with Gasteiger partial charge in [-0.15, -0.1) is 23.1 Å². The summed E-state index contributed by atoms with van der Waals surface area (Å²) in [6.45, 7) is 0.356. The third-order valence-corrected chi connectivity index (χ3v) is 8.65. The van der Waals surface area contributed by atoms with E-state index in [2.05, 4.69) is 6.07 Å². The van der Waals surface area contributed by atoms with Crippen LogP contribution >= 0.6 is 46.3 Å². The normalized spacial score (nSPS) is 13.0. The lowest BCUT2D eigenvalue weighted by atomic mass is 9.95. The molecule has 3 aromatic carbocycles. The first kappa shape index (κ1) is 24.7. The molecule has 1 amide bonds. The summed E-state index contributed by atoms with van der Waals surface area (Å²) in [5, 5.41) is 1.16. The first-order chi connectivity index (χ1) is 17.4. The Morgan fingerprint density at radius 2 is 1.50 bits per heavy atom. The Hall–Kier alpha value is -3.03. The van der Waals surface area contributed by atoms with Crippen LogP contribution in [0.5, 0.6) is 0 Å². The minimum atomic E-state index is -0.191. The molecule has 0 spiro atoms. The minimum Gasteiger partial charge on any atom is -0.384 e. The van der Waals surface area contributed by atoms with Crippen LogP contribution in [0.1, 0.15) is 36.7 Å². The number of carbonyl (C=O) groups is 2. The van der Waals surface area contributed by atoms with Crippen LogP contribution in [-0.2, 0) is 6.54 Å². The number of nitrogens with zero attached hydrogens (tertiary/aromatic N) is 1. The summed E-state index contributed by atoms with van der Waals surface area (Å²) in [5.41, 5.74) is 10.5. The molecule has 2 heterocycles. The highest BCUT2D eigenvalue weighted by molar-refractivity contribution is 8.01. The maximum Gasteiger partial charge on any atom is 0.259 e. The Kier molecular flexibility index (Phi) is 7.21. The summed E-state index contributed by atoms with van der Waals surface area (Å²) < 4.78 is 0.990. The minimum absolute atomic E-state index is 0.0286. The second kappa shape index (κ2) is 10.5. The monoisotopic (exact) mass is 550 g/mol. The van der Waals surface area contributed by atoms with Crippen molar-refractivity contribution in [2.24, 2.45) is 5.73 Å². The maximum atomic E-state index is 13.4. The third-order valence-electron chi connectivity index (χ3n) is 5.81. The van der Waals surface area contributed by atoms with Gasteiger partial charge in [0.1, 0.15) is 5.82 Å². The average Bonchev–Trinajstić information content (AvgIpc) is 3.30. The van der Waals surface area contributed by atoms with Gasteiger partial charge in [0.2, 0.25) is 0 Å². The predicted molar refractivity (Wildman–Crippen MR) is 149 cm³/mol. The van der Waals surface area contributed by atoms with Crippen molar-refractivity contribution in [1.29, 1.82) is 0 Å². The molecule has 2 N–H and O–H groups in total. The van der Waals surface area contributed by atoms with Gasteiger partial charge in [0.05, 0.1) is 16.5 Å². The van der Waals surface area contributed by atoms with E-state index >= 15 is 0 Å². The summed E-state index contributed by atoms with van der Waals surface area (Å²) in [6, 6.07) is 25.6. The van der Waals surface area contributed by atoms with E-state index in [0.717, 1.165) is 25.8 Å². The Morgan fingerprint density at radius 1 is 0.889 bits per heavy atom. The van der Waals surface area contributed by atoms with Gasteiger partial charge in [-0.3, -0.25) is 14.5 Å². The Balaban J connectivity index is 1.46. The van der Waals surface area contributed by atoms with E-state index in [0.29, 0.717) is 39.3 Å². The van der Waals surface area contributed by atoms with Crippen molar-refractivity contribution in [3.8, 4) is 0 Å². The second-order valence-electron chi connectivity index (χ2n) is 8.15. The third kappa shape index (κ3) is 5.08. The molecular formula is C28H20Cl2N2O2S2. The van der Waals surface area contributed by atoms with Crippen molar-refractivity contribution in [3.05, 3.63) is 128 Å². The van der Waals surface area contributed by atoms with Gasteiger partial charge < -0.3 is 5.73 Å². The molecule has 1 aliphatic heterocycles. The molecule has 0 unspecified atom stereocenters. The molecule has 4 aromatic rings. The van der Waals surface area contributed by atoms with Gasteiger partial charge in [-0.2, -0.15) is 0 Å². The van der Waals surface area contributed by atoms with E-state index in [-0.39, 0.29) is 11.7 Å². The van der Waals surface area contributed by atoms with Crippen LogP contribution in [0.25, 0.3) is 5.57 Å². The number of nitrogens with two attached hydrogens (primary N) is 1. The fourth-order valence-corrected chi connectivity index (χ4v) is 6.49. The number of Topliss-reactive ketones (excluding diaryl/α,β-unsaturated/α-hetero) is 1. The van der Waals surface area contributed by atoms with Gasteiger partial charge in [0, 0.05) is 37.2 Å². The van der Waals surface area contributed by atoms with E-state index in [1.807, 2.05) is 30.3 Å². The Bertz CT molecular complexity index is 1460. The molecule has 0 bridgehead atoms. The molecule has 1 aliphatic rings. The number of thioether (sulfide) groups is 1. The van der Waals surface area contributed by atoms with Gasteiger partial charge >= 0.3 is 0 Å². The summed E-state index contributed by atoms with van der Waals surface area (Å²) in [5.74, 6) is 0.541. The van der Waals surface area contributed by atoms with Crippen LogP contribution in [-0.4, -0.2) is 22.3 Å². The van der Waals surface area contributed by atoms with Crippen molar-refractivity contribution in [3.63, 3.8) is 0 Å². The highest BCUT2D eigenvalue weighted by atomic mass is 35.5. The van der Waals surface area contributed by atoms with Crippen LogP contribution in [0, 0.1) is 0 Å². The number of rotatable bonds is 6. The maximum absolute atomic E-state index is 13.4. The van der Waals surface area contributed by atoms with Crippen LogP contribution in [0.3, 0.4) is 0 Å². The first-order valence-electron chi connectivity index (χ1n) is 11.1. The van der Waals surface area contributed by atoms with Crippen molar-refractivity contribution in [2.45, 2.75) is 10.8 Å². The van der Waals surface area contributed by atoms with Gasteiger partial charge in [-0.25, -0.2) is 0 Å². The lowest BCUT2D eigenvalue weighted by molar-refractivity contribution is 0.0794. The first-order valence-corrected chi connectivity index (χ1v) is 13.6. The van der Waals surface area contributed by atoms with E-state index in [9.17, 15) is 9.59 Å². The second-order valence-corrected chi connectivity index (χ2v) is 11.4. The summed E-state index contributed by atoms with van der Waals surface area (Å²) in [7, 11) is 0. The van der Waals surface area contributed by atoms with Gasteiger partial charge in [-0.05, 0) is 60.2 Å². The zero-order chi connectivity index (χ0) is 25.2. The van der Waals surface area contributed by atoms with Crippen LogP contribution < -0.4 is 5.73 Å². The number of thiophene rings is 1. The molecule has 5 rings (SSSR count). The van der Waals surface area contributed by atoms with E-state index in [1.165, 1.54) is 11.8 Å². The molecule has 0 radical (unpaired) electrons. The van der Waals surface area contributed by atoms with Crippen molar-refractivity contribution < 1.29 is 9.59 Å². The summed E-state index contributed by atoms with van der Waals surface area (Å²) >= 11 is 15.0. The quantitative estimate of drug-likeness (QED) is 0.201. The molecule has 0 fully saturated rings. The lowest BCUT2D eigenvalue weighted by Crippen LogP contribution is -2.36. The molecule has 0 atom stereocenters. The number of amides is 1. The fourth-order valence-electron chi connectivity index (χ4n) is 4.00. The Labute approximate surface area is 227 Å². The van der Waals surface area contributed by atoms with Gasteiger partial charge in [0.25, 0.3) is 5.91 Å². The average molecular weight is 552 g/mol. The number of fused-ring (bicyclic) bond motifs is 1. The zero-order valence-corrected chi connectivity index (χ0v) is 22.1. The molecule has 0 saturated carbocycles. The molecular weight excluding hydrogens is 531 g/mol. The molecule has 36 heavy (non-hydrogen) atoms. The highest BCUT2D eigenvalue weighted by Crippen LogP contribution is 2.42. The van der Waals surface area contributed by atoms with Crippen LogP contribution in [0.15, 0.2) is 95.0 Å². The number of halogens is 2. The smallest absolute Gasteiger partial charge is 0.259 e. The largest absolute Gasteiger partial charge is 0.384 e. The standard InChI is InChI=1S/C28H20Cl2N2O2S2/c29-20-10-6-17(7-11-20)23(33)16-35-25-14-22-24(36-25)15-32(28(34)19-8-12-21(30)13-9-19)27(31)26(22)18-4-2-1-3-5-18/h1-14H,15-16,31H2. The molecule has 1 aromatic heterocycles.